The highest BCUT2D eigenvalue weighted by Gasteiger charge is 2.50. The van der Waals surface area contributed by atoms with Gasteiger partial charge in [-0.25, -0.2) is 8.42 Å². The fraction of sp³-hybridized carbons (Fsp3) is 0.458. The van der Waals surface area contributed by atoms with Gasteiger partial charge in [0.15, 0.2) is 0 Å². The van der Waals surface area contributed by atoms with Crippen LogP contribution in [0.15, 0.2) is 42.5 Å². The molecule has 0 aromatic heterocycles. The number of carbonyl (C=O) groups excluding carboxylic acids is 1. The largest absolute Gasteiger partial charge is 0.386 e. The molecule has 8 nitrogen and oxygen atoms in total. The predicted octanol–water partition coefficient (Wildman–Crippen LogP) is 2.51. The summed E-state index contributed by atoms with van der Waals surface area (Å²) in [4.78, 5) is 16.6. The van der Waals surface area contributed by atoms with Gasteiger partial charge >= 0.3 is 0 Å². The Kier molecular flexibility index (Phi) is 6.10. The van der Waals surface area contributed by atoms with E-state index < -0.39 is 21.9 Å². The lowest BCUT2D eigenvalue weighted by Crippen LogP contribution is -2.55. The van der Waals surface area contributed by atoms with Gasteiger partial charge in [-0.05, 0) is 61.1 Å². The summed E-state index contributed by atoms with van der Waals surface area (Å²) < 4.78 is 27.1. The molecule has 0 spiro atoms. The summed E-state index contributed by atoms with van der Waals surface area (Å²) in [6.07, 6.45) is 1.70. The third kappa shape index (κ3) is 4.81. The second-order valence-corrected chi connectivity index (χ2v) is 11.8. The molecular weight excluding hydrogens is 478 g/mol. The molecule has 1 aliphatic heterocycles. The molecule has 182 valence electrons. The number of aliphatic hydroxyl groups is 2. The molecule has 2 saturated carbocycles. The van der Waals surface area contributed by atoms with Crippen molar-refractivity contribution in [2.24, 2.45) is 0 Å². The third-order valence-electron chi connectivity index (χ3n) is 6.81. The molecule has 1 heterocycles. The fourth-order valence-corrected chi connectivity index (χ4v) is 5.96. The highest BCUT2D eigenvalue weighted by molar-refractivity contribution is 7.93. The second kappa shape index (κ2) is 8.80. The number of hydrogen-bond acceptors (Lipinski definition) is 6. The maximum Gasteiger partial charge on any atom is 0.255 e. The van der Waals surface area contributed by atoms with Crippen molar-refractivity contribution in [3.63, 3.8) is 0 Å². The van der Waals surface area contributed by atoms with Crippen LogP contribution in [-0.2, 0) is 10.0 Å². The Labute approximate surface area is 204 Å². The van der Waals surface area contributed by atoms with Crippen LogP contribution in [0.5, 0.6) is 0 Å². The molecule has 2 aromatic rings. The molecule has 1 saturated heterocycles. The lowest BCUT2D eigenvalue weighted by atomic mass is 10.0. The van der Waals surface area contributed by atoms with Gasteiger partial charge in [-0.1, -0.05) is 29.8 Å². The molecule has 10 heteroatoms. The maximum atomic E-state index is 13.1. The molecule has 2 aliphatic carbocycles. The normalized spacial score (nSPS) is 21.2. The van der Waals surface area contributed by atoms with Crippen LogP contribution in [-0.4, -0.2) is 77.6 Å². The van der Waals surface area contributed by atoms with E-state index in [1.54, 1.807) is 41.3 Å². The van der Waals surface area contributed by atoms with Gasteiger partial charge in [-0.15, -0.1) is 0 Å². The van der Waals surface area contributed by atoms with E-state index in [1.165, 1.54) is 0 Å². The molecule has 0 bridgehead atoms. The lowest BCUT2D eigenvalue weighted by Gasteiger charge is -2.38. The monoisotopic (exact) mass is 505 g/mol. The molecule has 3 fully saturated rings. The summed E-state index contributed by atoms with van der Waals surface area (Å²) in [6.45, 7) is 1.84. The number of piperazine rings is 1. The molecule has 34 heavy (non-hydrogen) atoms. The SMILES string of the molecule is O=C(c1ccc(-c2cccc(NS(=O)(=O)C3CC3)c2)cc1Cl)N1CCN(C(O)C2(O)CC2)CC1. The van der Waals surface area contributed by atoms with Crippen LogP contribution >= 0.6 is 11.6 Å². The van der Waals surface area contributed by atoms with Crippen molar-refractivity contribution in [1.82, 2.24) is 9.80 Å². The summed E-state index contributed by atoms with van der Waals surface area (Å²) in [7, 11) is -3.35. The Morgan fingerprint density at radius 2 is 1.74 bits per heavy atom. The number of rotatable bonds is 7. The van der Waals surface area contributed by atoms with E-state index >= 15 is 0 Å². The first-order valence-corrected chi connectivity index (χ1v) is 13.4. The molecular formula is C24H28ClN3O5S. The summed E-state index contributed by atoms with van der Waals surface area (Å²) in [5, 5.41) is 20.5. The number of aliphatic hydroxyl groups excluding tert-OH is 1. The topological polar surface area (TPSA) is 110 Å². The number of benzene rings is 2. The number of nitrogens with one attached hydrogen (secondary N) is 1. The molecule has 1 amide bonds. The molecule has 3 N–H and O–H groups in total. The number of amides is 1. The molecule has 0 radical (unpaired) electrons. The fourth-order valence-electron chi connectivity index (χ4n) is 4.32. The standard InChI is InChI=1S/C24H28ClN3O5S/c25-21-15-17(16-2-1-3-18(14-16)26-34(32,33)19-5-6-19)4-7-20(21)22(29)27-10-12-28(13-11-27)23(30)24(31)8-9-24/h1-4,7,14-15,19,23,26,30-31H,5-6,8-13H2. The number of anilines is 1. The van der Waals surface area contributed by atoms with E-state index in [-0.39, 0.29) is 11.2 Å². The van der Waals surface area contributed by atoms with Crippen LogP contribution in [0.2, 0.25) is 5.02 Å². The highest BCUT2D eigenvalue weighted by atomic mass is 35.5. The summed E-state index contributed by atoms with van der Waals surface area (Å²) >= 11 is 6.49. The minimum absolute atomic E-state index is 0.179. The number of carbonyl (C=O) groups is 1. The van der Waals surface area contributed by atoms with Crippen molar-refractivity contribution in [3.05, 3.63) is 53.1 Å². The Morgan fingerprint density at radius 1 is 1.06 bits per heavy atom. The van der Waals surface area contributed by atoms with Crippen molar-refractivity contribution in [3.8, 4) is 11.1 Å². The number of sulfonamides is 1. The summed E-state index contributed by atoms with van der Waals surface area (Å²) in [5.74, 6) is -0.179. The molecule has 2 aromatic carbocycles. The van der Waals surface area contributed by atoms with E-state index in [1.807, 2.05) is 11.0 Å². The van der Waals surface area contributed by atoms with E-state index in [4.69, 9.17) is 11.6 Å². The van der Waals surface area contributed by atoms with Crippen molar-refractivity contribution in [2.75, 3.05) is 30.9 Å². The van der Waals surface area contributed by atoms with Gasteiger partial charge < -0.3 is 15.1 Å². The maximum absolute atomic E-state index is 13.1. The van der Waals surface area contributed by atoms with Crippen LogP contribution in [0.3, 0.4) is 0 Å². The van der Waals surface area contributed by atoms with E-state index in [9.17, 15) is 23.4 Å². The lowest BCUT2D eigenvalue weighted by molar-refractivity contribution is -0.108. The van der Waals surface area contributed by atoms with Gasteiger partial charge in [-0.3, -0.25) is 14.4 Å². The zero-order chi connectivity index (χ0) is 24.1. The van der Waals surface area contributed by atoms with E-state index in [0.29, 0.717) is 68.1 Å². The smallest absolute Gasteiger partial charge is 0.255 e. The Hall–Kier alpha value is -2.17. The highest BCUT2D eigenvalue weighted by Crippen LogP contribution is 2.40. The van der Waals surface area contributed by atoms with Gasteiger partial charge in [0, 0.05) is 31.9 Å². The van der Waals surface area contributed by atoms with Crippen molar-refractivity contribution >= 4 is 33.2 Å². The molecule has 1 unspecified atom stereocenters. The van der Waals surface area contributed by atoms with Crippen molar-refractivity contribution < 1.29 is 23.4 Å². The van der Waals surface area contributed by atoms with Gasteiger partial charge in [-0.2, -0.15) is 0 Å². The number of halogens is 1. The Bertz CT molecular complexity index is 1200. The van der Waals surface area contributed by atoms with E-state index in [0.717, 1.165) is 11.1 Å². The first kappa shape index (κ1) is 23.6. The Morgan fingerprint density at radius 3 is 2.35 bits per heavy atom. The molecule has 5 rings (SSSR count). The van der Waals surface area contributed by atoms with Gasteiger partial charge in [0.2, 0.25) is 10.0 Å². The minimum Gasteiger partial charge on any atom is -0.386 e. The summed E-state index contributed by atoms with van der Waals surface area (Å²) in [5.41, 5.74) is 1.46. The van der Waals surface area contributed by atoms with Crippen molar-refractivity contribution in [2.45, 2.75) is 42.8 Å². The zero-order valence-corrected chi connectivity index (χ0v) is 20.2. The zero-order valence-electron chi connectivity index (χ0n) is 18.7. The van der Waals surface area contributed by atoms with Gasteiger partial charge in [0.1, 0.15) is 11.8 Å². The number of hydrogen-bond donors (Lipinski definition) is 3. The summed E-state index contributed by atoms with van der Waals surface area (Å²) in [6, 6.07) is 12.3. The van der Waals surface area contributed by atoms with Gasteiger partial charge in [0.05, 0.1) is 15.8 Å². The average Bonchev–Trinajstić information content (AvgIpc) is 3.74. The van der Waals surface area contributed by atoms with Gasteiger partial charge in [0.25, 0.3) is 5.91 Å². The van der Waals surface area contributed by atoms with Crippen LogP contribution in [0.1, 0.15) is 36.0 Å². The second-order valence-electron chi connectivity index (χ2n) is 9.43. The van der Waals surface area contributed by atoms with Crippen LogP contribution in [0, 0.1) is 0 Å². The van der Waals surface area contributed by atoms with Crippen LogP contribution in [0.4, 0.5) is 5.69 Å². The predicted molar refractivity (Wildman–Crippen MR) is 130 cm³/mol. The molecule has 1 atom stereocenters. The number of nitrogens with zero attached hydrogens (tertiary/aromatic N) is 2. The van der Waals surface area contributed by atoms with Crippen LogP contribution in [0.25, 0.3) is 11.1 Å². The third-order valence-corrected chi connectivity index (χ3v) is 8.99. The average molecular weight is 506 g/mol. The first-order valence-electron chi connectivity index (χ1n) is 11.5. The van der Waals surface area contributed by atoms with Crippen molar-refractivity contribution in [1.29, 1.82) is 0 Å². The quantitative estimate of drug-likeness (QED) is 0.533. The van der Waals surface area contributed by atoms with E-state index in [2.05, 4.69) is 4.72 Å². The minimum atomic E-state index is -3.35. The molecule has 3 aliphatic rings. The first-order chi connectivity index (χ1) is 16.2. The Balaban J connectivity index is 1.26. The van der Waals surface area contributed by atoms with Crippen LogP contribution < -0.4 is 4.72 Å².